The Kier molecular flexibility index (Phi) is 6.27. The van der Waals surface area contributed by atoms with Crippen LogP contribution in [0.25, 0.3) is 0 Å². The van der Waals surface area contributed by atoms with Crippen LogP contribution in [-0.4, -0.2) is 42.5 Å². The number of nitrogens with one attached hydrogen (secondary N) is 2. The summed E-state index contributed by atoms with van der Waals surface area (Å²) < 4.78 is 26.3. The molecule has 1 atom stereocenters. The maximum absolute atomic E-state index is 12.2. The smallest absolute Gasteiger partial charge is 0.322 e. The van der Waals surface area contributed by atoms with Crippen molar-refractivity contribution in [2.45, 2.75) is 17.4 Å². The van der Waals surface area contributed by atoms with Gasteiger partial charge in [0.2, 0.25) is 10.0 Å². The number of amides is 1. The fraction of sp³-hybridized carbons (Fsp3) is 0.118. The molecule has 4 N–H and O–H groups in total. The molecular weight excluding hydrogens is 376 g/mol. The van der Waals surface area contributed by atoms with Crippen LogP contribution in [0, 0.1) is 0 Å². The van der Waals surface area contributed by atoms with Crippen molar-refractivity contribution in [3.05, 3.63) is 60.2 Å². The number of rotatable bonds is 8. The van der Waals surface area contributed by atoms with Crippen LogP contribution < -0.4 is 10.0 Å². The van der Waals surface area contributed by atoms with Crippen molar-refractivity contribution >= 4 is 33.6 Å². The lowest BCUT2D eigenvalue weighted by molar-refractivity contribution is -0.145. The van der Waals surface area contributed by atoms with E-state index in [4.69, 9.17) is 10.2 Å². The highest BCUT2D eigenvalue weighted by Gasteiger charge is 2.27. The maximum atomic E-state index is 12.2. The van der Waals surface area contributed by atoms with Crippen molar-refractivity contribution < 1.29 is 33.0 Å². The minimum Gasteiger partial charge on any atom is -0.481 e. The van der Waals surface area contributed by atoms with Crippen LogP contribution in [0.3, 0.4) is 0 Å². The minimum atomic E-state index is -4.25. The lowest BCUT2D eigenvalue weighted by atomic mass is 10.2. The Balaban J connectivity index is 2.12. The van der Waals surface area contributed by atoms with Crippen LogP contribution >= 0.6 is 0 Å². The first kappa shape index (κ1) is 20.1. The van der Waals surface area contributed by atoms with Gasteiger partial charge in [-0.1, -0.05) is 18.2 Å². The van der Waals surface area contributed by atoms with Crippen LogP contribution in [-0.2, 0) is 19.6 Å². The quantitative estimate of drug-likeness (QED) is 0.526. The summed E-state index contributed by atoms with van der Waals surface area (Å²) >= 11 is 0. The number of aliphatic carboxylic acids is 2. The van der Waals surface area contributed by atoms with E-state index >= 15 is 0 Å². The first-order chi connectivity index (χ1) is 12.7. The minimum absolute atomic E-state index is 0.267. The third-order valence-electron chi connectivity index (χ3n) is 3.43. The van der Waals surface area contributed by atoms with Crippen LogP contribution in [0.4, 0.5) is 5.69 Å². The number of anilines is 1. The molecule has 142 valence electrons. The summed E-state index contributed by atoms with van der Waals surface area (Å²) in [6, 6.07) is 11.6. The molecule has 1 amide bonds. The molecule has 0 saturated carbocycles. The summed E-state index contributed by atoms with van der Waals surface area (Å²) in [5.74, 6) is -3.44. The molecule has 27 heavy (non-hydrogen) atoms. The van der Waals surface area contributed by atoms with Crippen LogP contribution in [0.15, 0.2) is 59.5 Å². The maximum Gasteiger partial charge on any atom is 0.322 e. The summed E-state index contributed by atoms with van der Waals surface area (Å²) in [6.07, 6.45) is -0.903. The molecule has 0 aromatic heterocycles. The fourth-order valence-electron chi connectivity index (χ4n) is 2.12. The van der Waals surface area contributed by atoms with Crippen LogP contribution in [0.5, 0.6) is 0 Å². The molecule has 0 fully saturated rings. The van der Waals surface area contributed by atoms with Gasteiger partial charge in [-0.25, -0.2) is 8.42 Å². The van der Waals surface area contributed by atoms with E-state index in [-0.39, 0.29) is 10.8 Å². The molecule has 0 aliphatic heterocycles. The molecule has 0 saturated heterocycles. The average molecular weight is 392 g/mol. The second kappa shape index (κ2) is 8.43. The molecule has 9 nitrogen and oxygen atoms in total. The zero-order valence-corrected chi connectivity index (χ0v) is 14.6. The monoisotopic (exact) mass is 392 g/mol. The van der Waals surface area contributed by atoms with E-state index < -0.39 is 34.4 Å². The topological polar surface area (TPSA) is 150 Å². The Hall–Kier alpha value is -3.24. The van der Waals surface area contributed by atoms with E-state index in [0.717, 1.165) is 0 Å². The fourth-order valence-corrected chi connectivity index (χ4v) is 3.31. The lowest BCUT2D eigenvalue weighted by Gasteiger charge is -2.13. The molecule has 2 aromatic rings. The highest BCUT2D eigenvalue weighted by molar-refractivity contribution is 7.89. The van der Waals surface area contributed by atoms with Gasteiger partial charge in [0.1, 0.15) is 6.04 Å². The Bertz CT molecular complexity index is 941. The van der Waals surface area contributed by atoms with E-state index in [2.05, 4.69) is 5.32 Å². The Labute approximate surface area is 154 Å². The number of sulfonamides is 1. The van der Waals surface area contributed by atoms with Crippen molar-refractivity contribution in [3.63, 3.8) is 0 Å². The summed E-state index contributed by atoms with van der Waals surface area (Å²) in [5, 5.41) is 20.2. The van der Waals surface area contributed by atoms with E-state index in [0.29, 0.717) is 11.3 Å². The van der Waals surface area contributed by atoms with E-state index in [9.17, 15) is 22.8 Å². The summed E-state index contributed by atoms with van der Waals surface area (Å²) in [6.45, 7) is 0. The van der Waals surface area contributed by atoms with Crippen molar-refractivity contribution in [1.82, 2.24) is 4.72 Å². The van der Waals surface area contributed by atoms with Gasteiger partial charge in [0.15, 0.2) is 0 Å². The van der Waals surface area contributed by atoms with Crippen molar-refractivity contribution in [1.29, 1.82) is 0 Å². The van der Waals surface area contributed by atoms with Gasteiger partial charge in [0.05, 0.1) is 11.3 Å². The highest BCUT2D eigenvalue weighted by Crippen LogP contribution is 2.16. The van der Waals surface area contributed by atoms with Gasteiger partial charge in [-0.05, 0) is 36.4 Å². The third kappa shape index (κ3) is 5.62. The van der Waals surface area contributed by atoms with E-state index in [1.54, 1.807) is 30.3 Å². The SMILES string of the molecule is O=C(O)CC(NS(=O)(=O)c1ccc(NC(=O)c2ccccc2)cc1)C(=O)O. The van der Waals surface area contributed by atoms with Crippen LogP contribution in [0.1, 0.15) is 16.8 Å². The molecule has 0 spiro atoms. The second-order valence-electron chi connectivity index (χ2n) is 5.45. The van der Waals surface area contributed by atoms with Crippen molar-refractivity contribution in [2.75, 3.05) is 5.32 Å². The Morgan fingerprint density at radius 3 is 2.04 bits per heavy atom. The number of carboxylic acid groups (broad SMARTS) is 2. The average Bonchev–Trinajstić information content (AvgIpc) is 2.61. The molecular formula is C17H16N2O7S. The Morgan fingerprint density at radius 1 is 0.926 bits per heavy atom. The van der Waals surface area contributed by atoms with Gasteiger partial charge in [-0.15, -0.1) is 0 Å². The summed E-state index contributed by atoms with van der Waals surface area (Å²) in [7, 11) is -4.25. The predicted molar refractivity (Wildman–Crippen MR) is 94.8 cm³/mol. The molecule has 0 heterocycles. The molecule has 0 radical (unpaired) electrons. The van der Waals surface area contributed by atoms with Gasteiger partial charge in [0, 0.05) is 11.3 Å². The number of hydrogen-bond donors (Lipinski definition) is 4. The largest absolute Gasteiger partial charge is 0.481 e. The van der Waals surface area contributed by atoms with Gasteiger partial charge in [-0.3, -0.25) is 14.4 Å². The van der Waals surface area contributed by atoms with E-state index in [1.807, 2.05) is 4.72 Å². The van der Waals surface area contributed by atoms with Crippen molar-refractivity contribution in [2.24, 2.45) is 0 Å². The number of benzene rings is 2. The molecule has 0 aliphatic carbocycles. The standard InChI is InChI=1S/C17H16N2O7S/c20-15(21)10-14(17(23)24)19-27(25,26)13-8-6-12(7-9-13)18-16(22)11-4-2-1-3-5-11/h1-9,14,19H,10H2,(H,18,22)(H,20,21)(H,23,24). The molecule has 2 aromatic carbocycles. The lowest BCUT2D eigenvalue weighted by Crippen LogP contribution is -2.42. The number of hydrogen-bond acceptors (Lipinski definition) is 5. The number of carbonyl (C=O) groups is 3. The van der Waals surface area contributed by atoms with Gasteiger partial charge >= 0.3 is 11.9 Å². The summed E-state index contributed by atoms with van der Waals surface area (Å²) in [5.41, 5.74) is 0.761. The normalized spacial score (nSPS) is 12.1. The van der Waals surface area contributed by atoms with Crippen molar-refractivity contribution in [3.8, 4) is 0 Å². The van der Waals surface area contributed by atoms with Gasteiger partial charge < -0.3 is 15.5 Å². The molecule has 10 heteroatoms. The zero-order chi connectivity index (χ0) is 20.0. The van der Waals surface area contributed by atoms with Gasteiger partial charge in [-0.2, -0.15) is 4.72 Å². The van der Waals surface area contributed by atoms with Crippen LogP contribution in [0.2, 0.25) is 0 Å². The second-order valence-corrected chi connectivity index (χ2v) is 7.17. The summed E-state index contributed by atoms with van der Waals surface area (Å²) in [4.78, 5) is 33.5. The first-order valence-electron chi connectivity index (χ1n) is 7.62. The molecule has 0 bridgehead atoms. The zero-order valence-electron chi connectivity index (χ0n) is 13.8. The highest BCUT2D eigenvalue weighted by atomic mass is 32.2. The first-order valence-corrected chi connectivity index (χ1v) is 9.11. The van der Waals surface area contributed by atoms with E-state index in [1.165, 1.54) is 24.3 Å². The molecule has 2 rings (SSSR count). The predicted octanol–water partition coefficient (Wildman–Crippen LogP) is 1.15. The van der Waals surface area contributed by atoms with Gasteiger partial charge in [0.25, 0.3) is 5.91 Å². The molecule has 1 unspecified atom stereocenters. The molecule has 0 aliphatic rings. The number of carboxylic acids is 2. The Morgan fingerprint density at radius 2 is 1.52 bits per heavy atom. The third-order valence-corrected chi connectivity index (χ3v) is 4.92. The number of carbonyl (C=O) groups excluding carboxylic acids is 1.